The Morgan fingerprint density at radius 3 is 2.76 bits per heavy atom. The first kappa shape index (κ1) is 16.2. The second-order valence-electron chi connectivity index (χ2n) is 5.45. The Morgan fingerprint density at radius 1 is 1.43 bits per heavy atom. The number of halogens is 2. The number of benzene rings is 1. The molecule has 1 fully saturated rings. The van der Waals surface area contributed by atoms with Gasteiger partial charge in [-0.2, -0.15) is 0 Å². The van der Waals surface area contributed by atoms with Crippen LogP contribution in [0.2, 0.25) is 5.02 Å². The highest BCUT2D eigenvalue weighted by molar-refractivity contribution is 6.33. The van der Waals surface area contributed by atoms with Gasteiger partial charge in [-0.25, -0.2) is 4.39 Å². The third-order valence-corrected chi connectivity index (χ3v) is 4.09. The largest absolute Gasteiger partial charge is 0.324 e. The molecule has 0 atom stereocenters. The zero-order valence-corrected chi connectivity index (χ0v) is 12.9. The number of carbonyl (C=O) groups is 1. The van der Waals surface area contributed by atoms with Gasteiger partial charge >= 0.3 is 0 Å². The first-order chi connectivity index (χ1) is 10.1. The summed E-state index contributed by atoms with van der Waals surface area (Å²) in [4.78, 5) is 14.1. The molecule has 0 bridgehead atoms. The van der Waals surface area contributed by atoms with Crippen LogP contribution in [0.25, 0.3) is 0 Å². The lowest BCUT2D eigenvalue weighted by molar-refractivity contribution is -0.117. The number of nitrogens with one attached hydrogen (secondary N) is 2. The van der Waals surface area contributed by atoms with Gasteiger partial charge in [-0.15, -0.1) is 0 Å². The number of anilines is 1. The number of rotatable bonds is 5. The van der Waals surface area contributed by atoms with E-state index in [2.05, 4.69) is 15.5 Å². The predicted octanol–water partition coefficient (Wildman–Crippen LogP) is 2.35. The number of piperidine rings is 1. The van der Waals surface area contributed by atoms with E-state index in [4.69, 9.17) is 11.6 Å². The molecule has 0 aliphatic carbocycles. The monoisotopic (exact) mass is 313 g/mol. The second kappa shape index (κ2) is 7.73. The van der Waals surface area contributed by atoms with E-state index >= 15 is 0 Å². The van der Waals surface area contributed by atoms with Gasteiger partial charge in [0.25, 0.3) is 0 Å². The van der Waals surface area contributed by atoms with E-state index in [0.717, 1.165) is 32.5 Å². The van der Waals surface area contributed by atoms with Crippen LogP contribution in [-0.2, 0) is 4.79 Å². The Hall–Kier alpha value is -1.17. The van der Waals surface area contributed by atoms with Gasteiger partial charge in [0.1, 0.15) is 5.82 Å². The highest BCUT2D eigenvalue weighted by atomic mass is 35.5. The quantitative estimate of drug-likeness (QED) is 0.877. The molecule has 1 aliphatic heterocycles. The lowest BCUT2D eigenvalue weighted by atomic mass is 9.97. The Labute approximate surface area is 129 Å². The molecule has 0 spiro atoms. The molecule has 1 aliphatic rings. The van der Waals surface area contributed by atoms with Crippen molar-refractivity contribution in [2.75, 3.05) is 38.5 Å². The first-order valence-corrected chi connectivity index (χ1v) is 7.58. The maximum atomic E-state index is 12.9. The number of amides is 1. The molecule has 21 heavy (non-hydrogen) atoms. The molecule has 4 nitrogen and oxygen atoms in total. The van der Waals surface area contributed by atoms with Crippen molar-refractivity contribution >= 4 is 23.2 Å². The van der Waals surface area contributed by atoms with Crippen molar-refractivity contribution in [2.45, 2.75) is 12.8 Å². The molecule has 1 amide bonds. The lowest BCUT2D eigenvalue weighted by Crippen LogP contribution is -2.40. The maximum Gasteiger partial charge on any atom is 0.238 e. The van der Waals surface area contributed by atoms with E-state index in [0.29, 0.717) is 18.2 Å². The zero-order valence-electron chi connectivity index (χ0n) is 12.2. The van der Waals surface area contributed by atoms with Gasteiger partial charge in [0, 0.05) is 0 Å². The number of carbonyl (C=O) groups excluding carboxylic acids is 1. The smallest absolute Gasteiger partial charge is 0.238 e. The molecule has 2 rings (SSSR count). The van der Waals surface area contributed by atoms with E-state index in [1.54, 1.807) is 0 Å². The second-order valence-corrected chi connectivity index (χ2v) is 5.86. The normalized spacial score (nSPS) is 16.9. The van der Waals surface area contributed by atoms with Crippen LogP contribution in [0.5, 0.6) is 0 Å². The van der Waals surface area contributed by atoms with Gasteiger partial charge < -0.3 is 10.6 Å². The van der Waals surface area contributed by atoms with Crippen LogP contribution >= 0.6 is 11.6 Å². The van der Waals surface area contributed by atoms with Gasteiger partial charge in [0.2, 0.25) is 5.91 Å². The van der Waals surface area contributed by atoms with E-state index < -0.39 is 5.82 Å². The molecule has 0 saturated carbocycles. The molecule has 0 radical (unpaired) electrons. The highest BCUT2D eigenvalue weighted by Gasteiger charge is 2.20. The third kappa shape index (κ3) is 4.95. The van der Waals surface area contributed by atoms with Crippen molar-refractivity contribution in [3.63, 3.8) is 0 Å². The van der Waals surface area contributed by atoms with Crippen molar-refractivity contribution in [1.82, 2.24) is 10.2 Å². The fraction of sp³-hybridized carbons (Fsp3) is 0.533. The van der Waals surface area contributed by atoms with Crippen molar-refractivity contribution < 1.29 is 9.18 Å². The van der Waals surface area contributed by atoms with Crippen LogP contribution < -0.4 is 10.6 Å². The summed E-state index contributed by atoms with van der Waals surface area (Å²) in [5.74, 6) is 0.168. The van der Waals surface area contributed by atoms with Crippen molar-refractivity contribution in [1.29, 1.82) is 0 Å². The fourth-order valence-electron chi connectivity index (χ4n) is 2.62. The Kier molecular flexibility index (Phi) is 5.96. The summed E-state index contributed by atoms with van der Waals surface area (Å²) < 4.78 is 12.9. The van der Waals surface area contributed by atoms with Crippen molar-refractivity contribution in [3.8, 4) is 0 Å². The van der Waals surface area contributed by atoms with Gasteiger partial charge in [0.05, 0.1) is 17.3 Å². The van der Waals surface area contributed by atoms with Crippen molar-refractivity contribution in [2.24, 2.45) is 5.92 Å². The molecule has 1 aromatic rings. The van der Waals surface area contributed by atoms with E-state index in [-0.39, 0.29) is 10.9 Å². The minimum Gasteiger partial charge on any atom is -0.324 e. The zero-order chi connectivity index (χ0) is 15.2. The predicted molar refractivity (Wildman–Crippen MR) is 83.1 cm³/mol. The molecule has 0 aromatic heterocycles. The van der Waals surface area contributed by atoms with Gasteiger partial charge in [0.15, 0.2) is 0 Å². The molecule has 1 heterocycles. The molecule has 1 saturated heterocycles. The van der Waals surface area contributed by atoms with Gasteiger partial charge in [-0.05, 0) is 63.6 Å². The van der Waals surface area contributed by atoms with Crippen LogP contribution in [0.4, 0.5) is 10.1 Å². The lowest BCUT2D eigenvalue weighted by Gasteiger charge is -2.31. The summed E-state index contributed by atoms with van der Waals surface area (Å²) in [5.41, 5.74) is 0.452. The minimum absolute atomic E-state index is 0.115. The van der Waals surface area contributed by atoms with Crippen LogP contribution in [0.3, 0.4) is 0 Å². The summed E-state index contributed by atoms with van der Waals surface area (Å²) in [5, 5.41) is 6.14. The number of nitrogens with zero attached hydrogens (tertiary/aromatic N) is 1. The van der Waals surface area contributed by atoms with Gasteiger partial charge in [-0.1, -0.05) is 11.6 Å². The molecule has 116 valence electrons. The van der Waals surface area contributed by atoms with Crippen LogP contribution in [0.1, 0.15) is 12.8 Å². The maximum absolute atomic E-state index is 12.9. The molecule has 1 aromatic carbocycles. The van der Waals surface area contributed by atoms with E-state index in [9.17, 15) is 9.18 Å². The van der Waals surface area contributed by atoms with Gasteiger partial charge in [-0.3, -0.25) is 9.69 Å². The molecule has 2 N–H and O–H groups in total. The number of hydrogen-bond acceptors (Lipinski definition) is 3. The topological polar surface area (TPSA) is 44.4 Å². The van der Waals surface area contributed by atoms with Crippen LogP contribution in [0, 0.1) is 11.7 Å². The van der Waals surface area contributed by atoms with E-state index in [1.807, 2.05) is 7.05 Å². The third-order valence-electron chi connectivity index (χ3n) is 3.77. The number of hydrogen-bond donors (Lipinski definition) is 2. The molecular weight excluding hydrogens is 293 g/mol. The summed E-state index contributed by atoms with van der Waals surface area (Å²) >= 11 is 5.89. The van der Waals surface area contributed by atoms with Crippen molar-refractivity contribution in [3.05, 3.63) is 29.0 Å². The average molecular weight is 314 g/mol. The summed E-state index contributed by atoms with van der Waals surface area (Å²) in [6.07, 6.45) is 2.21. The summed E-state index contributed by atoms with van der Waals surface area (Å²) in [6, 6.07) is 3.96. The standard InChI is InChI=1S/C15H21ClFN3O/c1-18-9-11-4-6-20(7-5-11)10-15(21)19-14-3-2-12(17)8-13(14)16/h2-3,8,11,18H,4-7,9-10H2,1H3,(H,19,21). The Bertz CT molecular complexity index is 490. The summed E-state index contributed by atoms with van der Waals surface area (Å²) in [6.45, 7) is 3.24. The SMILES string of the molecule is CNCC1CCN(CC(=O)Nc2ccc(F)cc2Cl)CC1. The van der Waals surface area contributed by atoms with E-state index in [1.165, 1.54) is 18.2 Å². The first-order valence-electron chi connectivity index (χ1n) is 7.20. The number of likely N-dealkylation sites (tertiary alicyclic amines) is 1. The molecule has 0 unspecified atom stereocenters. The van der Waals surface area contributed by atoms with Crippen LogP contribution in [-0.4, -0.2) is 44.0 Å². The Balaban J connectivity index is 1.80. The fourth-order valence-corrected chi connectivity index (χ4v) is 2.84. The highest BCUT2D eigenvalue weighted by Crippen LogP contribution is 2.22. The van der Waals surface area contributed by atoms with Crippen LogP contribution in [0.15, 0.2) is 18.2 Å². The molecule has 6 heteroatoms. The molecular formula is C15H21ClFN3O. The average Bonchev–Trinajstić information content (AvgIpc) is 2.44. The Morgan fingerprint density at radius 2 is 2.14 bits per heavy atom. The summed E-state index contributed by atoms with van der Waals surface area (Å²) in [7, 11) is 1.96. The minimum atomic E-state index is -0.412.